The van der Waals surface area contributed by atoms with Crippen molar-refractivity contribution < 1.29 is 58.5 Å². The first kappa shape index (κ1) is 58.2. The first-order valence-corrected chi connectivity index (χ1v) is 24.5. The average Bonchev–Trinajstić information content (AvgIpc) is 4.00. The van der Waals surface area contributed by atoms with E-state index in [1.165, 1.54) is 29.2 Å². The number of rotatable bonds is 27. The van der Waals surface area contributed by atoms with Crippen molar-refractivity contribution in [3.05, 3.63) is 65.9 Å². The second kappa shape index (κ2) is 27.4. The summed E-state index contributed by atoms with van der Waals surface area (Å²) in [6.07, 6.45) is 1.08. The topological polar surface area (TPSA) is 396 Å². The van der Waals surface area contributed by atoms with Gasteiger partial charge in [0.1, 0.15) is 48.0 Å². The molecule has 398 valence electrons. The van der Waals surface area contributed by atoms with Crippen LogP contribution in [0, 0.1) is 11.8 Å². The number of hydrogen-bond acceptors (Lipinski definition) is 13. The van der Waals surface area contributed by atoms with Crippen molar-refractivity contribution in [2.24, 2.45) is 34.0 Å². The number of nitrogens with zero attached hydrogens (tertiary/aromatic N) is 2. The Hall–Kier alpha value is -7.41. The zero-order valence-corrected chi connectivity index (χ0v) is 42.0. The fourth-order valence-electron chi connectivity index (χ4n) is 8.08. The Morgan fingerprint density at radius 2 is 1.37 bits per heavy atom. The van der Waals surface area contributed by atoms with Crippen LogP contribution in [-0.2, 0) is 56.0 Å². The summed E-state index contributed by atoms with van der Waals surface area (Å²) < 4.78 is 0. The van der Waals surface area contributed by atoms with E-state index in [4.69, 9.17) is 17.2 Å². The molecule has 24 nitrogen and oxygen atoms in total. The minimum Gasteiger partial charge on any atom is -0.508 e. The van der Waals surface area contributed by atoms with E-state index in [1.807, 2.05) is 0 Å². The van der Waals surface area contributed by atoms with Gasteiger partial charge in [0, 0.05) is 48.8 Å². The molecule has 2 aromatic carbocycles. The predicted octanol–water partition coefficient (Wildman–Crippen LogP) is -1.26. The summed E-state index contributed by atoms with van der Waals surface area (Å²) in [6.45, 7) is 6.76. The van der Waals surface area contributed by atoms with Gasteiger partial charge in [-0.1, -0.05) is 58.0 Å². The lowest BCUT2D eigenvalue weighted by atomic mass is 9.99. The number of phenolic OH excluding ortho intramolecular Hbond substituents is 1. The molecule has 0 radical (unpaired) electrons. The number of benzene rings is 2. The summed E-state index contributed by atoms with van der Waals surface area (Å²) in [5.74, 6) is -10.2. The number of H-pyrrole nitrogens is 1. The van der Waals surface area contributed by atoms with Crippen molar-refractivity contribution >= 4 is 82.8 Å². The first-order valence-electron chi connectivity index (χ1n) is 23.8. The molecule has 0 unspecified atom stereocenters. The van der Waals surface area contributed by atoms with Gasteiger partial charge in [-0.05, 0) is 66.8 Å². The molecule has 0 aliphatic carbocycles. The van der Waals surface area contributed by atoms with Gasteiger partial charge in [-0.25, -0.2) is 4.79 Å². The second-order valence-electron chi connectivity index (χ2n) is 18.5. The molecule has 1 saturated heterocycles. The van der Waals surface area contributed by atoms with Crippen molar-refractivity contribution in [2.45, 2.75) is 121 Å². The molecule has 1 aromatic heterocycles. The molecule has 3 aromatic rings. The summed E-state index contributed by atoms with van der Waals surface area (Å²) in [5.41, 5.74) is 18.8. The molecule has 0 saturated carbocycles. The van der Waals surface area contributed by atoms with E-state index >= 15 is 0 Å². The molecule has 1 aliphatic heterocycles. The number of carbonyl (C=O) groups is 9. The Balaban J connectivity index is 1.63. The number of aliphatic imine (C=N–C) groups is 1. The summed E-state index contributed by atoms with van der Waals surface area (Å²) >= 11 is 4.00. The van der Waals surface area contributed by atoms with E-state index < -0.39 is 114 Å². The lowest BCUT2D eigenvalue weighted by molar-refractivity contribution is -0.144. The van der Waals surface area contributed by atoms with Crippen LogP contribution in [0.3, 0.4) is 0 Å². The number of carbonyl (C=O) groups excluding carboxylic acids is 7. The largest absolute Gasteiger partial charge is 0.508 e. The van der Waals surface area contributed by atoms with Crippen LogP contribution in [0.5, 0.6) is 5.75 Å². The maximum Gasteiger partial charge on any atom is 0.327 e. The number of aliphatic carboxylic acids is 2. The highest BCUT2D eigenvalue weighted by molar-refractivity contribution is 7.80. The van der Waals surface area contributed by atoms with Crippen molar-refractivity contribution in [1.82, 2.24) is 41.8 Å². The fraction of sp³-hybridized carbons (Fsp3) is 0.500. The van der Waals surface area contributed by atoms with Crippen LogP contribution >= 0.6 is 12.6 Å². The zero-order chi connectivity index (χ0) is 54.1. The number of aromatic amines is 1. The number of aromatic hydroxyl groups is 1. The molecular weight excluding hydrogens is 969 g/mol. The van der Waals surface area contributed by atoms with Crippen molar-refractivity contribution in [3.63, 3.8) is 0 Å². The van der Waals surface area contributed by atoms with Gasteiger partial charge < -0.3 is 74.3 Å². The molecule has 2 heterocycles. The molecule has 8 atom stereocenters. The predicted molar refractivity (Wildman–Crippen MR) is 271 cm³/mol. The maximum absolute atomic E-state index is 14.4. The smallest absolute Gasteiger partial charge is 0.327 e. The van der Waals surface area contributed by atoms with Gasteiger partial charge in [0.2, 0.25) is 41.4 Å². The lowest BCUT2D eigenvalue weighted by Crippen LogP contribution is -2.61. The Bertz CT molecular complexity index is 2480. The third kappa shape index (κ3) is 17.1. The van der Waals surface area contributed by atoms with E-state index in [1.54, 1.807) is 58.2 Å². The number of carboxylic acids is 2. The number of amides is 7. The van der Waals surface area contributed by atoms with Gasteiger partial charge >= 0.3 is 11.9 Å². The summed E-state index contributed by atoms with van der Waals surface area (Å²) in [4.78, 5) is 130. The van der Waals surface area contributed by atoms with Gasteiger partial charge in [0.05, 0.1) is 12.5 Å². The van der Waals surface area contributed by atoms with Crippen LogP contribution in [0.1, 0.15) is 70.9 Å². The highest BCUT2D eigenvalue weighted by Crippen LogP contribution is 2.22. The van der Waals surface area contributed by atoms with Gasteiger partial charge in [-0.2, -0.15) is 12.6 Å². The highest BCUT2D eigenvalue weighted by Gasteiger charge is 2.41. The minimum atomic E-state index is -1.84. The first-order chi connectivity index (χ1) is 34.5. The van der Waals surface area contributed by atoms with E-state index in [9.17, 15) is 58.5 Å². The molecule has 16 N–H and O–H groups in total. The molecular formula is C48H68N12O12S. The van der Waals surface area contributed by atoms with Gasteiger partial charge in [0.15, 0.2) is 5.96 Å². The molecule has 1 fully saturated rings. The van der Waals surface area contributed by atoms with Crippen LogP contribution in [0.15, 0.2) is 59.7 Å². The molecule has 7 amide bonds. The molecule has 25 heteroatoms. The third-order valence-corrected chi connectivity index (χ3v) is 12.6. The number of likely N-dealkylation sites (tertiary alicyclic amines) is 1. The van der Waals surface area contributed by atoms with Gasteiger partial charge in [0.25, 0.3) is 0 Å². The number of fused-ring (bicyclic) bond motifs is 1. The van der Waals surface area contributed by atoms with Crippen LogP contribution in [0.4, 0.5) is 0 Å². The van der Waals surface area contributed by atoms with Crippen LogP contribution < -0.4 is 49.1 Å². The third-order valence-electron chi connectivity index (χ3n) is 12.2. The Labute approximate surface area is 427 Å². The van der Waals surface area contributed by atoms with Crippen molar-refractivity contribution in [1.29, 1.82) is 0 Å². The number of guanidine groups is 1. The van der Waals surface area contributed by atoms with Crippen LogP contribution in [0.2, 0.25) is 0 Å². The summed E-state index contributed by atoms with van der Waals surface area (Å²) in [5, 5.41) is 45.5. The van der Waals surface area contributed by atoms with Crippen molar-refractivity contribution in [3.8, 4) is 5.75 Å². The second-order valence-corrected chi connectivity index (χ2v) is 18.9. The zero-order valence-electron chi connectivity index (χ0n) is 41.1. The minimum absolute atomic E-state index is 0.00224. The molecule has 0 spiro atoms. The van der Waals surface area contributed by atoms with E-state index in [0.29, 0.717) is 28.5 Å². The number of nitrogens with two attached hydrogens (primary N) is 3. The number of hydrogen-bond donors (Lipinski definition) is 14. The number of nitrogens with one attached hydrogen (secondary N) is 7. The number of carboxylic acid groups (broad SMARTS) is 2. The van der Waals surface area contributed by atoms with E-state index in [-0.39, 0.29) is 68.6 Å². The van der Waals surface area contributed by atoms with Crippen LogP contribution in [-0.4, -0.2) is 152 Å². The molecule has 4 rings (SSSR count). The Morgan fingerprint density at radius 1 is 0.753 bits per heavy atom. The van der Waals surface area contributed by atoms with Crippen molar-refractivity contribution in [2.75, 3.05) is 18.8 Å². The Morgan fingerprint density at radius 3 is 1.99 bits per heavy atom. The van der Waals surface area contributed by atoms with Crippen LogP contribution in [0.25, 0.3) is 10.9 Å². The molecule has 0 bridgehead atoms. The van der Waals surface area contributed by atoms with E-state index in [0.717, 1.165) is 0 Å². The average molecular weight is 1040 g/mol. The monoisotopic (exact) mass is 1040 g/mol. The number of aromatic nitrogens is 1. The summed E-state index contributed by atoms with van der Waals surface area (Å²) in [7, 11) is 0. The fourth-order valence-corrected chi connectivity index (χ4v) is 8.32. The summed E-state index contributed by atoms with van der Waals surface area (Å²) in [6, 6.07) is 2.04. The van der Waals surface area contributed by atoms with E-state index in [2.05, 4.69) is 54.5 Å². The van der Waals surface area contributed by atoms with Gasteiger partial charge in [-0.15, -0.1) is 0 Å². The number of thiol groups is 1. The maximum atomic E-state index is 14.4. The lowest BCUT2D eigenvalue weighted by Gasteiger charge is -2.31. The SMILES string of the molecule is CC(C)[C@H](N)C(=O)N[C@@H](CCCN=C(N)N)C(=O)N[C@@H](Cc1c[nH]c2ccccc12)C(=O)N[C@@H](CC(=O)O)C(=O)N[C@H](C(=O)N[C@@H](Cc1ccc(O)cc1)C(=O)N1CCC[C@H]1C(=O)N[C@@H](CS)C(=O)O)C(C)C. The normalized spacial score (nSPS) is 16.2. The molecule has 1 aliphatic rings. The Kier molecular flexibility index (Phi) is 21.9. The highest BCUT2D eigenvalue weighted by atomic mass is 32.1. The standard InChI is InChI=1S/C48H68N12O12S/c1-24(2)38(49)44(68)54-31(11-7-17-52-48(50)51)40(64)55-32(20-27-22-53-30-10-6-5-9-29(27)30)41(65)56-33(21-37(62)63)42(66)59-39(25(3)4)45(69)57-34(19-26-13-15-28(61)16-14-26)46(70)60-18-8-12-36(60)43(67)58-35(23-73)47(71)72/h5-6,9-10,13-16,22,24-25,31-36,38-39,53,61,73H,7-8,11-12,17-21,23,49H2,1-4H3,(H,54,68)(H,55,64)(H,56,65)(H,57,69)(H,58,67)(H,59,66)(H,62,63)(H,71,72)(H4,50,51,52)/t31-,32-,33-,34-,35-,36-,38-,39-/m0/s1. The number of para-hydroxylation sites is 1. The number of phenols is 1. The molecule has 73 heavy (non-hydrogen) atoms. The quantitative estimate of drug-likeness (QED) is 0.0183. The van der Waals surface area contributed by atoms with Gasteiger partial charge in [-0.3, -0.25) is 43.3 Å².